The van der Waals surface area contributed by atoms with E-state index in [1.54, 1.807) is 0 Å². The Kier molecular flexibility index (Phi) is 6.97. The van der Waals surface area contributed by atoms with Gasteiger partial charge in [-0.05, 0) is 136 Å². The van der Waals surface area contributed by atoms with Crippen molar-refractivity contribution in [2.24, 2.45) is 0 Å². The van der Waals surface area contributed by atoms with E-state index in [4.69, 9.17) is 0 Å². The number of rotatable bonds is 4. The third kappa shape index (κ3) is 4.66. The van der Waals surface area contributed by atoms with Gasteiger partial charge in [-0.1, -0.05) is 117 Å². The average Bonchev–Trinajstić information content (AvgIpc) is 3.74. The summed E-state index contributed by atoms with van der Waals surface area (Å²) in [5.74, 6) is 0.734. The molecule has 0 aliphatic heterocycles. The predicted octanol–water partition coefficient (Wildman–Crippen LogP) is 13.8. The molecular weight excluding hydrogens is 653 g/mol. The van der Waals surface area contributed by atoms with E-state index in [0.717, 1.165) is 12.8 Å². The van der Waals surface area contributed by atoms with Gasteiger partial charge in [0.2, 0.25) is 0 Å². The first-order chi connectivity index (χ1) is 26.6. The Hall–Kier alpha value is -6.38. The smallest absolute Gasteiger partial charge is 0.0547 e. The van der Waals surface area contributed by atoms with Crippen molar-refractivity contribution in [3.63, 3.8) is 0 Å². The van der Waals surface area contributed by atoms with Crippen LogP contribution >= 0.6 is 0 Å². The van der Waals surface area contributed by atoms with Gasteiger partial charge in [-0.3, -0.25) is 0 Å². The average molecular weight is 693 g/mol. The molecule has 0 amide bonds. The molecular formula is C52H40N2. The first-order valence-electron chi connectivity index (χ1n) is 19.4. The van der Waals surface area contributed by atoms with Crippen molar-refractivity contribution >= 4 is 44.4 Å². The van der Waals surface area contributed by atoms with Crippen LogP contribution in [-0.4, -0.2) is 9.13 Å². The van der Waals surface area contributed by atoms with Crippen molar-refractivity contribution in [2.45, 2.75) is 38.5 Å². The fourth-order valence-corrected chi connectivity index (χ4v) is 9.59. The molecule has 0 saturated heterocycles. The molecule has 0 fully saturated rings. The molecule has 0 radical (unpaired) electrons. The van der Waals surface area contributed by atoms with E-state index in [-0.39, 0.29) is 0 Å². The molecule has 2 nitrogen and oxygen atoms in total. The molecule has 11 rings (SSSR count). The number of para-hydroxylation sites is 2. The Balaban J connectivity index is 1.19. The van der Waals surface area contributed by atoms with Crippen molar-refractivity contribution in [1.82, 2.24) is 9.13 Å². The lowest BCUT2D eigenvalue weighted by molar-refractivity contribution is 0.617. The number of nitrogens with zero attached hydrogens (tertiary/aromatic N) is 2. The second-order valence-electron chi connectivity index (χ2n) is 15.3. The highest BCUT2D eigenvalue weighted by molar-refractivity contribution is 6.12. The lowest BCUT2D eigenvalue weighted by Gasteiger charge is -2.32. The van der Waals surface area contributed by atoms with Crippen LogP contribution in [0, 0.1) is 0 Å². The third-order valence-electron chi connectivity index (χ3n) is 12.5. The SMILES string of the molecule is CC1c2cc3c4c(n(-c5ccccc5)c3cc2-c2cc3c(cc2C1C)c1cc(-c2ccccc2)ccc1n3-c1ccccc1)CCC(c1ccccc1)=C4. The number of allylic oxidation sites excluding steroid dienone is 1. The second kappa shape index (κ2) is 12.1. The Labute approximate surface area is 316 Å². The van der Waals surface area contributed by atoms with Crippen LogP contribution in [0.4, 0.5) is 0 Å². The molecule has 7 aromatic carbocycles. The van der Waals surface area contributed by atoms with Crippen molar-refractivity contribution in [3.8, 4) is 33.6 Å². The summed E-state index contributed by atoms with van der Waals surface area (Å²) >= 11 is 0. The van der Waals surface area contributed by atoms with Crippen LogP contribution in [0.2, 0.25) is 0 Å². The molecule has 9 aromatic rings. The molecule has 258 valence electrons. The monoisotopic (exact) mass is 692 g/mol. The van der Waals surface area contributed by atoms with Crippen molar-refractivity contribution in [2.75, 3.05) is 0 Å². The molecule has 2 heteroatoms. The maximum atomic E-state index is 2.56. The van der Waals surface area contributed by atoms with Gasteiger partial charge in [-0.2, -0.15) is 0 Å². The molecule has 0 saturated carbocycles. The van der Waals surface area contributed by atoms with Crippen LogP contribution in [-0.2, 0) is 6.42 Å². The summed E-state index contributed by atoms with van der Waals surface area (Å²) in [6, 6.07) is 60.7. The van der Waals surface area contributed by atoms with E-state index in [2.05, 4.69) is 193 Å². The summed E-state index contributed by atoms with van der Waals surface area (Å²) in [4.78, 5) is 0. The van der Waals surface area contributed by atoms with E-state index in [1.807, 2.05) is 0 Å². The quantitative estimate of drug-likeness (QED) is 0.174. The number of fused-ring (bicyclic) bond motifs is 9. The highest BCUT2D eigenvalue weighted by Crippen LogP contribution is 2.52. The van der Waals surface area contributed by atoms with Gasteiger partial charge in [-0.15, -0.1) is 0 Å². The van der Waals surface area contributed by atoms with Gasteiger partial charge in [-0.25, -0.2) is 0 Å². The number of benzene rings is 7. The standard InChI is InChI=1S/C52H40N2/c1-33-34(2)42-30-48-46-28-38(36-17-9-4-10-18-36)24-26-50(46)54(40-21-13-6-14-22-40)52(48)32-44(42)43-31-51-47(29-41(33)43)45-27-37(35-15-7-3-8-16-35)23-25-49(45)53(51)39-19-11-5-12-20-39/h3-23,25,27-34H,24,26H2,1-2H3. The fraction of sp³-hybridized carbons (Fsp3) is 0.115. The number of hydrogen-bond acceptors (Lipinski definition) is 0. The van der Waals surface area contributed by atoms with E-state index in [1.165, 1.54) is 99.9 Å². The second-order valence-corrected chi connectivity index (χ2v) is 15.3. The minimum absolute atomic E-state index is 0.365. The van der Waals surface area contributed by atoms with Gasteiger partial charge in [0.05, 0.1) is 16.6 Å². The molecule has 0 N–H and O–H groups in total. The molecule has 2 aromatic heterocycles. The molecule has 2 aliphatic rings. The summed E-state index contributed by atoms with van der Waals surface area (Å²) in [5.41, 5.74) is 19.8. The molecule has 0 spiro atoms. The van der Waals surface area contributed by atoms with Crippen molar-refractivity contribution in [1.29, 1.82) is 0 Å². The Bertz CT molecular complexity index is 2930. The largest absolute Gasteiger partial charge is 0.313 e. The van der Waals surface area contributed by atoms with Crippen LogP contribution in [0.15, 0.2) is 164 Å². The van der Waals surface area contributed by atoms with Gasteiger partial charge in [0, 0.05) is 38.8 Å². The zero-order chi connectivity index (χ0) is 35.9. The summed E-state index contributed by atoms with van der Waals surface area (Å²) in [7, 11) is 0. The summed E-state index contributed by atoms with van der Waals surface area (Å²) in [6.45, 7) is 4.88. The first-order valence-corrected chi connectivity index (χ1v) is 19.4. The highest BCUT2D eigenvalue weighted by Gasteiger charge is 2.32. The molecule has 2 atom stereocenters. The maximum Gasteiger partial charge on any atom is 0.0547 e. The Morgan fingerprint density at radius 1 is 0.426 bits per heavy atom. The van der Waals surface area contributed by atoms with Crippen LogP contribution in [0.25, 0.3) is 78.0 Å². The zero-order valence-electron chi connectivity index (χ0n) is 30.6. The van der Waals surface area contributed by atoms with Crippen LogP contribution in [0.5, 0.6) is 0 Å². The first kappa shape index (κ1) is 31.2. The predicted molar refractivity (Wildman–Crippen MR) is 228 cm³/mol. The topological polar surface area (TPSA) is 9.86 Å². The lowest BCUT2D eigenvalue weighted by atomic mass is 9.72. The molecule has 54 heavy (non-hydrogen) atoms. The van der Waals surface area contributed by atoms with E-state index in [9.17, 15) is 0 Å². The van der Waals surface area contributed by atoms with E-state index in [0.29, 0.717) is 11.8 Å². The van der Waals surface area contributed by atoms with Crippen molar-refractivity contribution in [3.05, 3.63) is 192 Å². The highest BCUT2D eigenvalue weighted by atomic mass is 15.0. The number of aromatic nitrogens is 2. The van der Waals surface area contributed by atoms with Gasteiger partial charge in [0.15, 0.2) is 0 Å². The molecule has 2 heterocycles. The summed E-state index contributed by atoms with van der Waals surface area (Å²) < 4.78 is 5.03. The Morgan fingerprint density at radius 3 is 1.57 bits per heavy atom. The molecule has 2 unspecified atom stereocenters. The van der Waals surface area contributed by atoms with Crippen molar-refractivity contribution < 1.29 is 0 Å². The molecule has 2 aliphatic carbocycles. The minimum atomic E-state index is 0.365. The van der Waals surface area contributed by atoms with Crippen LogP contribution in [0.3, 0.4) is 0 Å². The van der Waals surface area contributed by atoms with E-state index < -0.39 is 0 Å². The lowest BCUT2D eigenvalue weighted by Crippen LogP contribution is -2.13. The number of hydrogen-bond donors (Lipinski definition) is 0. The summed E-state index contributed by atoms with van der Waals surface area (Å²) in [5, 5.41) is 3.97. The van der Waals surface area contributed by atoms with Gasteiger partial charge in [0.1, 0.15) is 0 Å². The van der Waals surface area contributed by atoms with Crippen LogP contribution < -0.4 is 0 Å². The van der Waals surface area contributed by atoms with Gasteiger partial charge < -0.3 is 9.13 Å². The fourth-order valence-electron chi connectivity index (χ4n) is 9.59. The summed E-state index contributed by atoms with van der Waals surface area (Å²) in [6.07, 6.45) is 4.53. The Morgan fingerprint density at radius 2 is 0.944 bits per heavy atom. The minimum Gasteiger partial charge on any atom is -0.313 e. The molecule has 0 bridgehead atoms. The van der Waals surface area contributed by atoms with Crippen LogP contribution in [0.1, 0.15) is 60.1 Å². The maximum absolute atomic E-state index is 2.56. The normalized spacial score (nSPS) is 16.3. The zero-order valence-corrected chi connectivity index (χ0v) is 30.6. The van der Waals surface area contributed by atoms with E-state index >= 15 is 0 Å². The van der Waals surface area contributed by atoms with Gasteiger partial charge >= 0.3 is 0 Å². The third-order valence-corrected chi connectivity index (χ3v) is 12.5. The van der Waals surface area contributed by atoms with Gasteiger partial charge in [0.25, 0.3) is 0 Å².